The molecule has 0 saturated carbocycles. The summed E-state index contributed by atoms with van der Waals surface area (Å²) in [6, 6.07) is 6.09. The first kappa shape index (κ1) is 17.2. The molecule has 3 aromatic rings. The lowest BCUT2D eigenvalue weighted by molar-refractivity contribution is 0.0510. The zero-order chi connectivity index (χ0) is 17.9. The van der Waals surface area contributed by atoms with Crippen molar-refractivity contribution in [2.75, 3.05) is 13.1 Å². The molecule has 3 aromatic heterocycles. The molecule has 1 fully saturated rings. The van der Waals surface area contributed by atoms with E-state index >= 15 is 0 Å². The van der Waals surface area contributed by atoms with E-state index in [0.29, 0.717) is 24.8 Å². The summed E-state index contributed by atoms with van der Waals surface area (Å²) in [5, 5.41) is 9.12. The molecule has 1 amide bonds. The minimum absolute atomic E-state index is 0.0888. The van der Waals surface area contributed by atoms with E-state index in [-0.39, 0.29) is 12.0 Å². The third kappa shape index (κ3) is 3.78. The molecule has 0 spiro atoms. The van der Waals surface area contributed by atoms with Crippen LogP contribution in [0.2, 0.25) is 0 Å². The molecular weight excluding hydrogens is 418 g/mol. The smallest absolute Gasteiger partial charge is 0.316 e. The maximum Gasteiger partial charge on any atom is 0.316 e. The minimum Gasteiger partial charge on any atom is -0.458 e. The van der Waals surface area contributed by atoms with Crippen molar-refractivity contribution in [3.05, 3.63) is 46.1 Å². The Morgan fingerprint density at radius 1 is 1.38 bits per heavy atom. The molecule has 9 heteroatoms. The van der Waals surface area contributed by atoms with Crippen LogP contribution in [0.4, 0.5) is 0 Å². The molecule has 0 aliphatic carbocycles. The molecule has 4 rings (SSSR count). The van der Waals surface area contributed by atoms with Gasteiger partial charge in [0.05, 0.1) is 21.6 Å². The maximum atomic E-state index is 12.8. The number of nitrogens with one attached hydrogen (secondary N) is 1. The van der Waals surface area contributed by atoms with Crippen molar-refractivity contribution in [1.82, 2.24) is 25.1 Å². The number of hydrogen-bond donors (Lipinski definition) is 1. The molecule has 1 unspecified atom stereocenters. The number of carbonyl (C=O) groups is 1. The highest BCUT2D eigenvalue weighted by Gasteiger charge is 2.27. The maximum absolute atomic E-state index is 12.8. The fraction of sp³-hybridized carbons (Fsp3) is 0.294. The van der Waals surface area contributed by atoms with Gasteiger partial charge in [0.2, 0.25) is 0 Å². The number of piperidine rings is 1. The summed E-state index contributed by atoms with van der Waals surface area (Å²) in [6.07, 6.45) is 4.90. The Morgan fingerprint density at radius 3 is 3.00 bits per heavy atom. The van der Waals surface area contributed by atoms with E-state index in [2.05, 4.69) is 36.1 Å². The van der Waals surface area contributed by atoms with Crippen LogP contribution in [0.5, 0.6) is 6.01 Å². The van der Waals surface area contributed by atoms with Crippen molar-refractivity contribution in [3.8, 4) is 16.6 Å². The third-order valence-electron chi connectivity index (χ3n) is 4.12. The Hall–Kier alpha value is -2.26. The van der Waals surface area contributed by atoms with Crippen molar-refractivity contribution in [2.45, 2.75) is 18.9 Å². The number of ether oxygens (including phenoxy) is 1. The van der Waals surface area contributed by atoms with Crippen LogP contribution >= 0.6 is 27.3 Å². The van der Waals surface area contributed by atoms with Gasteiger partial charge in [-0.1, -0.05) is 6.07 Å². The third-order valence-corrected chi connectivity index (χ3v) is 5.43. The van der Waals surface area contributed by atoms with Crippen LogP contribution in [0.3, 0.4) is 0 Å². The van der Waals surface area contributed by atoms with Crippen molar-refractivity contribution < 1.29 is 9.53 Å². The van der Waals surface area contributed by atoms with E-state index < -0.39 is 0 Å². The number of carbonyl (C=O) groups excluding carboxylic acids is 1. The molecule has 0 aromatic carbocycles. The van der Waals surface area contributed by atoms with E-state index in [1.54, 1.807) is 34.7 Å². The number of thiophene rings is 1. The molecule has 134 valence electrons. The zero-order valence-corrected chi connectivity index (χ0v) is 16.2. The average Bonchev–Trinajstić information content (AvgIpc) is 3.35. The Balaban J connectivity index is 1.42. The number of nitrogens with zero attached hydrogens (tertiary/aromatic N) is 4. The summed E-state index contributed by atoms with van der Waals surface area (Å²) in [7, 11) is 0. The first-order valence-corrected chi connectivity index (χ1v) is 9.89. The lowest BCUT2D eigenvalue weighted by Crippen LogP contribution is -2.44. The second-order valence-corrected chi connectivity index (χ2v) is 7.82. The van der Waals surface area contributed by atoms with Gasteiger partial charge < -0.3 is 9.64 Å². The summed E-state index contributed by atoms with van der Waals surface area (Å²) in [5.41, 5.74) is 1.28. The first-order chi connectivity index (χ1) is 12.7. The highest BCUT2D eigenvalue weighted by Crippen LogP contribution is 2.24. The summed E-state index contributed by atoms with van der Waals surface area (Å²) in [6.45, 7) is 1.19. The fourth-order valence-corrected chi connectivity index (χ4v) is 3.78. The van der Waals surface area contributed by atoms with Crippen LogP contribution in [0.1, 0.15) is 23.3 Å². The van der Waals surface area contributed by atoms with Crippen LogP contribution < -0.4 is 4.74 Å². The van der Waals surface area contributed by atoms with Crippen LogP contribution in [0.15, 0.2) is 40.4 Å². The molecule has 1 N–H and O–H groups in total. The predicted molar refractivity (Wildman–Crippen MR) is 101 cm³/mol. The van der Waals surface area contributed by atoms with Gasteiger partial charge in [0.15, 0.2) is 5.69 Å². The van der Waals surface area contributed by atoms with E-state index in [9.17, 15) is 4.79 Å². The first-order valence-electron chi connectivity index (χ1n) is 8.22. The van der Waals surface area contributed by atoms with E-state index in [1.807, 2.05) is 17.5 Å². The molecule has 1 atom stereocenters. The second kappa shape index (κ2) is 7.55. The molecule has 0 bridgehead atoms. The molecular formula is C17H16BrN5O2S. The number of aromatic nitrogens is 4. The Labute approximate surface area is 162 Å². The van der Waals surface area contributed by atoms with Gasteiger partial charge in [0, 0.05) is 18.9 Å². The van der Waals surface area contributed by atoms with Gasteiger partial charge in [0.1, 0.15) is 6.10 Å². The van der Waals surface area contributed by atoms with Gasteiger partial charge in [-0.15, -0.1) is 11.3 Å². The minimum atomic E-state index is -0.121. The molecule has 7 nitrogen and oxygen atoms in total. The Bertz CT molecular complexity index is 881. The van der Waals surface area contributed by atoms with Crippen molar-refractivity contribution in [1.29, 1.82) is 0 Å². The van der Waals surface area contributed by atoms with Crippen molar-refractivity contribution >= 4 is 33.2 Å². The lowest BCUT2D eigenvalue weighted by Gasteiger charge is -2.31. The van der Waals surface area contributed by atoms with Crippen molar-refractivity contribution in [2.24, 2.45) is 0 Å². The lowest BCUT2D eigenvalue weighted by atomic mass is 10.1. The standard InChI is InChI=1S/C17H16BrN5O2S/c18-11-8-19-17(20-9-11)25-12-3-1-5-23(10-12)16(24)14-7-13(21-22-14)15-4-2-6-26-15/h2,4,6-9,12H,1,3,5,10H2,(H,21,22). The number of rotatable bonds is 4. The van der Waals surface area contributed by atoms with Crippen LogP contribution in [-0.2, 0) is 0 Å². The second-order valence-electron chi connectivity index (χ2n) is 5.96. The van der Waals surface area contributed by atoms with Gasteiger partial charge in [-0.2, -0.15) is 5.10 Å². The predicted octanol–water partition coefficient (Wildman–Crippen LogP) is 3.37. The van der Waals surface area contributed by atoms with Crippen LogP contribution in [0, 0.1) is 0 Å². The number of hydrogen-bond acceptors (Lipinski definition) is 6. The van der Waals surface area contributed by atoms with Gasteiger partial charge in [-0.3, -0.25) is 9.89 Å². The summed E-state index contributed by atoms with van der Waals surface area (Å²) < 4.78 is 6.62. The van der Waals surface area contributed by atoms with Crippen LogP contribution in [0.25, 0.3) is 10.6 Å². The molecule has 1 aliphatic heterocycles. The van der Waals surface area contributed by atoms with E-state index in [1.165, 1.54) is 0 Å². The zero-order valence-electron chi connectivity index (χ0n) is 13.8. The Kier molecular flexibility index (Phi) is 4.98. The summed E-state index contributed by atoms with van der Waals surface area (Å²) in [5.74, 6) is -0.0888. The SMILES string of the molecule is O=C(c1cc(-c2cccs2)[nH]n1)N1CCCC(Oc2ncc(Br)cn2)C1. The number of amides is 1. The largest absolute Gasteiger partial charge is 0.458 e. The van der Waals surface area contributed by atoms with E-state index in [4.69, 9.17) is 4.74 Å². The van der Waals surface area contributed by atoms with Gasteiger partial charge in [-0.05, 0) is 46.3 Å². The number of likely N-dealkylation sites (tertiary alicyclic amines) is 1. The molecule has 4 heterocycles. The van der Waals surface area contributed by atoms with Gasteiger partial charge >= 0.3 is 6.01 Å². The normalized spacial score (nSPS) is 17.3. The Morgan fingerprint density at radius 2 is 2.23 bits per heavy atom. The summed E-state index contributed by atoms with van der Waals surface area (Å²) >= 11 is 4.90. The summed E-state index contributed by atoms with van der Waals surface area (Å²) in [4.78, 5) is 23.9. The van der Waals surface area contributed by atoms with Gasteiger partial charge in [0.25, 0.3) is 5.91 Å². The monoisotopic (exact) mass is 433 g/mol. The van der Waals surface area contributed by atoms with Crippen LogP contribution in [-0.4, -0.2) is 50.2 Å². The van der Waals surface area contributed by atoms with E-state index in [0.717, 1.165) is 27.9 Å². The highest BCUT2D eigenvalue weighted by molar-refractivity contribution is 9.10. The average molecular weight is 434 g/mol. The fourth-order valence-electron chi connectivity index (χ4n) is 2.88. The highest BCUT2D eigenvalue weighted by atomic mass is 79.9. The number of halogens is 1. The molecule has 1 aliphatic rings. The van der Waals surface area contributed by atoms with Crippen molar-refractivity contribution in [3.63, 3.8) is 0 Å². The molecule has 1 saturated heterocycles. The molecule has 26 heavy (non-hydrogen) atoms. The topological polar surface area (TPSA) is 84.0 Å². The quantitative estimate of drug-likeness (QED) is 0.681. The number of H-pyrrole nitrogens is 1. The number of aromatic amines is 1. The molecule has 0 radical (unpaired) electrons. The van der Waals surface area contributed by atoms with Gasteiger partial charge in [-0.25, -0.2) is 9.97 Å².